The molecular formula is C28H26ClN5O3. The molecule has 4 aromatic rings. The minimum atomic E-state index is -0.988. The highest BCUT2D eigenvalue weighted by Crippen LogP contribution is 2.35. The SMILES string of the molecule is O=C(Nc1ccc(CC(C(=O)O)c2c(Cl)ncnc2N2CCCC2)cc1)c1ccc(-n2cccc2)cc1. The van der Waals surface area contributed by atoms with Crippen molar-refractivity contribution in [3.63, 3.8) is 0 Å². The predicted molar refractivity (Wildman–Crippen MR) is 143 cm³/mol. The van der Waals surface area contributed by atoms with E-state index in [0.29, 0.717) is 22.6 Å². The van der Waals surface area contributed by atoms with Gasteiger partial charge >= 0.3 is 5.97 Å². The van der Waals surface area contributed by atoms with Crippen LogP contribution in [0.4, 0.5) is 11.5 Å². The van der Waals surface area contributed by atoms with Gasteiger partial charge in [-0.1, -0.05) is 23.7 Å². The van der Waals surface area contributed by atoms with Crippen molar-refractivity contribution in [2.75, 3.05) is 23.3 Å². The Labute approximate surface area is 219 Å². The summed E-state index contributed by atoms with van der Waals surface area (Å²) in [6.45, 7) is 1.63. The molecule has 0 spiro atoms. The second-order valence-corrected chi connectivity index (χ2v) is 9.34. The van der Waals surface area contributed by atoms with E-state index in [-0.39, 0.29) is 17.5 Å². The third-order valence-corrected chi connectivity index (χ3v) is 6.85. The quantitative estimate of drug-likeness (QED) is 0.313. The van der Waals surface area contributed by atoms with Crippen molar-refractivity contribution in [1.29, 1.82) is 0 Å². The second kappa shape index (κ2) is 10.8. The van der Waals surface area contributed by atoms with Crippen molar-refractivity contribution in [2.24, 2.45) is 0 Å². The van der Waals surface area contributed by atoms with Crippen molar-refractivity contribution in [2.45, 2.75) is 25.2 Å². The third-order valence-electron chi connectivity index (χ3n) is 6.55. The number of hydrogen-bond donors (Lipinski definition) is 2. The summed E-state index contributed by atoms with van der Waals surface area (Å²) in [5.74, 6) is -1.52. The van der Waals surface area contributed by atoms with Crippen LogP contribution in [-0.2, 0) is 11.2 Å². The Bertz CT molecular complexity index is 1380. The maximum absolute atomic E-state index is 12.7. The van der Waals surface area contributed by atoms with Crippen molar-refractivity contribution in [1.82, 2.24) is 14.5 Å². The van der Waals surface area contributed by atoms with Gasteiger partial charge < -0.3 is 19.9 Å². The minimum Gasteiger partial charge on any atom is -0.481 e. The van der Waals surface area contributed by atoms with Crippen molar-refractivity contribution in [3.8, 4) is 5.69 Å². The number of aliphatic carboxylic acids is 1. The number of amides is 1. The number of carboxylic acids is 1. The fraction of sp³-hybridized carbons (Fsp3) is 0.214. The molecule has 9 heteroatoms. The molecule has 1 unspecified atom stereocenters. The highest BCUT2D eigenvalue weighted by molar-refractivity contribution is 6.30. The van der Waals surface area contributed by atoms with Gasteiger partial charge in [0.25, 0.3) is 5.91 Å². The van der Waals surface area contributed by atoms with Crippen LogP contribution in [0.3, 0.4) is 0 Å². The van der Waals surface area contributed by atoms with E-state index in [1.807, 2.05) is 53.4 Å². The van der Waals surface area contributed by atoms with Gasteiger partial charge in [0.1, 0.15) is 17.3 Å². The summed E-state index contributed by atoms with van der Waals surface area (Å²) >= 11 is 6.40. The Balaban J connectivity index is 1.29. The molecule has 2 N–H and O–H groups in total. The largest absolute Gasteiger partial charge is 0.481 e. The van der Waals surface area contributed by atoms with Crippen LogP contribution in [0.5, 0.6) is 0 Å². The lowest BCUT2D eigenvalue weighted by Gasteiger charge is -2.23. The van der Waals surface area contributed by atoms with Gasteiger partial charge in [-0.3, -0.25) is 9.59 Å². The Morgan fingerprint density at radius 3 is 2.30 bits per heavy atom. The molecule has 8 nitrogen and oxygen atoms in total. The van der Waals surface area contributed by atoms with E-state index in [0.717, 1.165) is 37.2 Å². The molecular weight excluding hydrogens is 490 g/mol. The number of aromatic nitrogens is 3. The first-order valence-corrected chi connectivity index (χ1v) is 12.5. The fourth-order valence-electron chi connectivity index (χ4n) is 4.61. The molecule has 0 saturated carbocycles. The van der Waals surface area contributed by atoms with Gasteiger partial charge in [-0.25, -0.2) is 9.97 Å². The first-order valence-electron chi connectivity index (χ1n) is 12.1. The van der Waals surface area contributed by atoms with Crippen molar-refractivity contribution < 1.29 is 14.7 Å². The molecule has 0 aliphatic carbocycles. The zero-order valence-corrected chi connectivity index (χ0v) is 20.8. The van der Waals surface area contributed by atoms with E-state index in [2.05, 4.69) is 20.2 Å². The van der Waals surface area contributed by atoms with Crippen LogP contribution < -0.4 is 10.2 Å². The summed E-state index contributed by atoms with van der Waals surface area (Å²) in [7, 11) is 0. The van der Waals surface area contributed by atoms with E-state index >= 15 is 0 Å². The molecule has 1 aliphatic rings. The Morgan fingerprint density at radius 1 is 0.973 bits per heavy atom. The summed E-state index contributed by atoms with van der Waals surface area (Å²) in [6.07, 6.45) is 7.55. The van der Waals surface area contributed by atoms with Crippen LogP contribution >= 0.6 is 11.6 Å². The zero-order chi connectivity index (χ0) is 25.8. The molecule has 1 fully saturated rings. The lowest BCUT2D eigenvalue weighted by molar-refractivity contribution is -0.138. The molecule has 5 rings (SSSR count). The lowest BCUT2D eigenvalue weighted by atomic mass is 9.92. The second-order valence-electron chi connectivity index (χ2n) is 8.98. The highest BCUT2D eigenvalue weighted by atomic mass is 35.5. The average Bonchev–Trinajstić information content (AvgIpc) is 3.63. The van der Waals surface area contributed by atoms with Crippen LogP contribution in [0.25, 0.3) is 5.69 Å². The number of carbonyl (C=O) groups is 2. The highest BCUT2D eigenvalue weighted by Gasteiger charge is 2.30. The molecule has 1 saturated heterocycles. The lowest BCUT2D eigenvalue weighted by Crippen LogP contribution is -2.25. The van der Waals surface area contributed by atoms with Gasteiger partial charge in [-0.2, -0.15) is 0 Å². The van der Waals surface area contributed by atoms with Crippen LogP contribution in [-0.4, -0.2) is 44.6 Å². The first-order chi connectivity index (χ1) is 18.0. The maximum Gasteiger partial charge on any atom is 0.311 e. The Morgan fingerprint density at radius 2 is 1.65 bits per heavy atom. The van der Waals surface area contributed by atoms with E-state index in [1.165, 1.54) is 6.33 Å². The molecule has 1 atom stereocenters. The van der Waals surface area contributed by atoms with Gasteiger partial charge in [-0.15, -0.1) is 0 Å². The predicted octanol–water partition coefficient (Wildman–Crippen LogP) is 5.18. The van der Waals surface area contributed by atoms with Crippen LogP contribution in [0.2, 0.25) is 5.15 Å². The van der Waals surface area contributed by atoms with Crippen molar-refractivity contribution >= 4 is 35.0 Å². The summed E-state index contributed by atoms with van der Waals surface area (Å²) in [5.41, 5.74) is 3.37. The molecule has 0 bridgehead atoms. The van der Waals surface area contributed by atoms with Crippen LogP contribution in [0, 0.1) is 0 Å². The minimum absolute atomic E-state index is 0.163. The number of rotatable bonds is 8. The Hall–Kier alpha value is -4.17. The molecule has 188 valence electrons. The number of carbonyl (C=O) groups excluding carboxylic acids is 1. The number of nitrogens with one attached hydrogen (secondary N) is 1. The summed E-state index contributed by atoms with van der Waals surface area (Å²) in [5, 5.41) is 13.1. The topological polar surface area (TPSA) is 100 Å². The number of hydrogen-bond acceptors (Lipinski definition) is 5. The molecule has 37 heavy (non-hydrogen) atoms. The standard InChI is InChI=1S/C28H26ClN5O3/c29-25-24(26(31-18-30-25)34-15-3-4-16-34)23(28(36)37)17-19-5-9-21(10-6-19)32-27(35)20-7-11-22(12-8-20)33-13-1-2-14-33/h1-2,5-14,18,23H,3-4,15-17H2,(H,32,35)(H,36,37). The number of carboxylic acid groups (broad SMARTS) is 1. The molecule has 1 aliphatic heterocycles. The van der Waals surface area contributed by atoms with Crippen molar-refractivity contribution in [3.05, 3.63) is 101 Å². The van der Waals surface area contributed by atoms with Gasteiger partial charge in [0.15, 0.2) is 0 Å². The average molecular weight is 516 g/mol. The van der Waals surface area contributed by atoms with E-state index in [4.69, 9.17) is 11.6 Å². The molecule has 3 heterocycles. The fourth-order valence-corrected chi connectivity index (χ4v) is 4.87. The van der Waals surface area contributed by atoms with Gasteiger partial charge in [-0.05, 0) is 73.4 Å². The van der Waals surface area contributed by atoms with Gasteiger partial charge in [0, 0.05) is 48.0 Å². The molecule has 1 amide bonds. The van der Waals surface area contributed by atoms with Crippen LogP contribution in [0.15, 0.2) is 79.4 Å². The summed E-state index contributed by atoms with van der Waals surface area (Å²) in [4.78, 5) is 35.5. The number of halogens is 1. The normalized spacial score (nSPS) is 13.9. The summed E-state index contributed by atoms with van der Waals surface area (Å²) in [6, 6.07) is 18.4. The summed E-state index contributed by atoms with van der Waals surface area (Å²) < 4.78 is 1.97. The molecule has 0 radical (unpaired) electrons. The van der Waals surface area contributed by atoms with E-state index in [1.54, 1.807) is 24.3 Å². The van der Waals surface area contributed by atoms with Crippen LogP contribution in [0.1, 0.15) is 40.2 Å². The zero-order valence-electron chi connectivity index (χ0n) is 20.0. The maximum atomic E-state index is 12.7. The van der Waals surface area contributed by atoms with E-state index < -0.39 is 11.9 Å². The third kappa shape index (κ3) is 5.49. The number of nitrogens with zero attached hydrogens (tertiary/aromatic N) is 4. The number of anilines is 2. The van der Waals surface area contributed by atoms with Gasteiger partial charge in [0.2, 0.25) is 0 Å². The van der Waals surface area contributed by atoms with Gasteiger partial charge in [0.05, 0.1) is 5.92 Å². The molecule has 2 aromatic carbocycles. The smallest absolute Gasteiger partial charge is 0.311 e. The first kappa shape index (κ1) is 24.5. The Kier molecular flexibility index (Phi) is 7.18. The monoisotopic (exact) mass is 515 g/mol. The molecule has 2 aromatic heterocycles. The number of benzene rings is 2. The van der Waals surface area contributed by atoms with E-state index in [9.17, 15) is 14.7 Å².